The van der Waals surface area contributed by atoms with Crippen molar-refractivity contribution in [1.29, 1.82) is 0 Å². The van der Waals surface area contributed by atoms with Crippen molar-refractivity contribution in [3.8, 4) is 0 Å². The normalized spacial score (nSPS) is 22.9. The zero-order chi connectivity index (χ0) is 15.6. The van der Waals surface area contributed by atoms with E-state index in [1.165, 1.54) is 0 Å². The number of amides is 1. The van der Waals surface area contributed by atoms with Crippen LogP contribution in [0.4, 0.5) is 18.9 Å². The zero-order valence-corrected chi connectivity index (χ0v) is 13.9. The van der Waals surface area contributed by atoms with Gasteiger partial charge in [0.15, 0.2) is 0 Å². The van der Waals surface area contributed by atoms with Crippen LogP contribution in [0.5, 0.6) is 0 Å². The summed E-state index contributed by atoms with van der Waals surface area (Å²) >= 11 is 7.86. The molecule has 0 heterocycles. The van der Waals surface area contributed by atoms with Gasteiger partial charge in [0.05, 0.1) is 11.6 Å². The molecule has 1 aromatic carbocycles. The van der Waals surface area contributed by atoms with Crippen molar-refractivity contribution >= 4 is 45.8 Å². The van der Waals surface area contributed by atoms with Crippen molar-refractivity contribution in [2.24, 2.45) is 11.8 Å². The maximum Gasteiger partial charge on any atom is 0.391 e. The maximum absolute atomic E-state index is 12.8. The van der Waals surface area contributed by atoms with E-state index in [2.05, 4.69) is 5.32 Å². The van der Waals surface area contributed by atoms with Crippen LogP contribution in [0.15, 0.2) is 18.2 Å². The van der Waals surface area contributed by atoms with Gasteiger partial charge in [-0.1, -0.05) is 18.0 Å². The van der Waals surface area contributed by atoms with E-state index in [0.717, 1.165) is 3.57 Å². The molecule has 1 aromatic rings. The highest BCUT2D eigenvalue weighted by Gasteiger charge is 2.43. The molecule has 0 aliphatic heterocycles. The Bertz CT molecular complexity index is 535. The lowest BCUT2D eigenvalue weighted by Crippen LogP contribution is -2.34. The topological polar surface area (TPSA) is 29.1 Å². The Balaban J connectivity index is 2.03. The number of benzene rings is 1. The Morgan fingerprint density at radius 1 is 1.33 bits per heavy atom. The molecule has 0 saturated heterocycles. The fraction of sp³-hybridized carbons (Fsp3) is 0.500. The van der Waals surface area contributed by atoms with Gasteiger partial charge in [-0.05, 0) is 60.1 Å². The minimum absolute atomic E-state index is 0.117. The number of nitrogens with one attached hydrogen (secondary N) is 1. The van der Waals surface area contributed by atoms with E-state index in [9.17, 15) is 18.0 Å². The van der Waals surface area contributed by atoms with Crippen molar-refractivity contribution in [3.05, 3.63) is 26.8 Å². The van der Waals surface area contributed by atoms with E-state index in [0.29, 0.717) is 23.6 Å². The molecule has 1 N–H and O–H groups in total. The van der Waals surface area contributed by atoms with Gasteiger partial charge in [-0.2, -0.15) is 13.2 Å². The first kappa shape index (κ1) is 16.9. The fourth-order valence-electron chi connectivity index (χ4n) is 2.55. The SMILES string of the molecule is O=C(Nc1ccc(Cl)cc1I)C1CCCC(C(F)(F)F)C1. The second kappa shape index (κ2) is 6.73. The number of carbonyl (C=O) groups is 1. The molecule has 1 aliphatic carbocycles. The maximum atomic E-state index is 12.8. The van der Waals surface area contributed by atoms with E-state index in [-0.39, 0.29) is 18.7 Å². The summed E-state index contributed by atoms with van der Waals surface area (Å²) in [6.45, 7) is 0. The number of rotatable bonds is 2. The molecule has 7 heteroatoms. The van der Waals surface area contributed by atoms with Crippen molar-refractivity contribution in [2.45, 2.75) is 31.9 Å². The Hall–Kier alpha value is -0.500. The van der Waals surface area contributed by atoms with Gasteiger partial charge in [-0.15, -0.1) is 0 Å². The molecule has 0 bridgehead atoms. The molecule has 2 nitrogen and oxygen atoms in total. The first-order chi connectivity index (χ1) is 9.77. The molecule has 1 saturated carbocycles. The van der Waals surface area contributed by atoms with Crippen molar-refractivity contribution in [1.82, 2.24) is 0 Å². The summed E-state index contributed by atoms with van der Waals surface area (Å²) in [6, 6.07) is 4.99. The number of anilines is 1. The minimum Gasteiger partial charge on any atom is -0.325 e. The van der Waals surface area contributed by atoms with Crippen LogP contribution in [0, 0.1) is 15.4 Å². The summed E-state index contributed by atoms with van der Waals surface area (Å²) < 4.78 is 39.1. The Morgan fingerprint density at radius 2 is 2.05 bits per heavy atom. The third-order valence-electron chi connectivity index (χ3n) is 3.70. The van der Waals surface area contributed by atoms with Crippen LogP contribution in [0.1, 0.15) is 25.7 Å². The van der Waals surface area contributed by atoms with Crippen LogP contribution in [0.25, 0.3) is 0 Å². The lowest BCUT2D eigenvalue weighted by Gasteiger charge is -2.29. The first-order valence-electron chi connectivity index (χ1n) is 6.60. The van der Waals surface area contributed by atoms with Gasteiger partial charge in [0.25, 0.3) is 0 Å². The number of hydrogen-bond acceptors (Lipinski definition) is 1. The van der Waals surface area contributed by atoms with Gasteiger partial charge in [0, 0.05) is 14.5 Å². The highest BCUT2D eigenvalue weighted by Crippen LogP contribution is 2.40. The van der Waals surface area contributed by atoms with Crippen LogP contribution in [-0.4, -0.2) is 12.1 Å². The first-order valence-corrected chi connectivity index (χ1v) is 8.05. The highest BCUT2D eigenvalue weighted by molar-refractivity contribution is 14.1. The highest BCUT2D eigenvalue weighted by atomic mass is 127. The van der Waals surface area contributed by atoms with Crippen molar-refractivity contribution < 1.29 is 18.0 Å². The molecule has 1 amide bonds. The molecule has 0 radical (unpaired) electrons. The molecule has 2 atom stereocenters. The number of carbonyl (C=O) groups excluding carboxylic acids is 1. The third-order valence-corrected chi connectivity index (χ3v) is 4.82. The Kier molecular flexibility index (Phi) is 5.40. The molecule has 0 spiro atoms. The summed E-state index contributed by atoms with van der Waals surface area (Å²) in [6.07, 6.45) is -3.29. The average molecular weight is 432 g/mol. The molecule has 0 aromatic heterocycles. The lowest BCUT2D eigenvalue weighted by atomic mass is 9.80. The van der Waals surface area contributed by atoms with Crippen molar-refractivity contribution in [3.63, 3.8) is 0 Å². The molecular formula is C14H14ClF3INO. The summed E-state index contributed by atoms with van der Waals surface area (Å²) in [7, 11) is 0. The van der Waals surface area contributed by atoms with Crippen LogP contribution in [0.2, 0.25) is 5.02 Å². The van der Waals surface area contributed by atoms with E-state index in [4.69, 9.17) is 11.6 Å². The average Bonchev–Trinajstić information content (AvgIpc) is 2.41. The summed E-state index contributed by atoms with van der Waals surface area (Å²) in [5.41, 5.74) is 0.583. The van der Waals surface area contributed by atoms with E-state index in [1.807, 2.05) is 22.6 Å². The number of hydrogen-bond donors (Lipinski definition) is 1. The zero-order valence-electron chi connectivity index (χ0n) is 11.0. The minimum atomic E-state index is -4.21. The van der Waals surface area contributed by atoms with Gasteiger partial charge >= 0.3 is 6.18 Å². The molecule has 2 unspecified atom stereocenters. The quantitative estimate of drug-likeness (QED) is 0.637. The predicted octanol–water partition coefficient (Wildman–Crippen LogP) is 5.25. The second-order valence-electron chi connectivity index (χ2n) is 5.22. The molecule has 116 valence electrons. The Morgan fingerprint density at radius 3 is 2.67 bits per heavy atom. The molecule has 1 aliphatic rings. The fourth-order valence-corrected chi connectivity index (χ4v) is 3.56. The summed E-state index contributed by atoms with van der Waals surface area (Å²) in [5.74, 6) is -2.30. The van der Waals surface area contributed by atoms with E-state index in [1.54, 1.807) is 18.2 Å². The largest absolute Gasteiger partial charge is 0.391 e. The van der Waals surface area contributed by atoms with Crippen LogP contribution in [-0.2, 0) is 4.79 Å². The van der Waals surface area contributed by atoms with Gasteiger partial charge in [-0.3, -0.25) is 4.79 Å². The smallest absolute Gasteiger partial charge is 0.325 e. The van der Waals surface area contributed by atoms with Gasteiger partial charge < -0.3 is 5.32 Å². The van der Waals surface area contributed by atoms with Crippen molar-refractivity contribution in [2.75, 3.05) is 5.32 Å². The molecular weight excluding hydrogens is 418 g/mol. The number of halogens is 5. The summed E-state index contributed by atoms with van der Waals surface area (Å²) in [5, 5.41) is 3.26. The monoisotopic (exact) mass is 431 g/mol. The predicted molar refractivity (Wildman–Crippen MR) is 84.3 cm³/mol. The van der Waals surface area contributed by atoms with Crippen LogP contribution < -0.4 is 5.32 Å². The molecule has 1 fully saturated rings. The van der Waals surface area contributed by atoms with E-state index >= 15 is 0 Å². The van der Waals surface area contributed by atoms with Crippen LogP contribution >= 0.6 is 34.2 Å². The molecule has 21 heavy (non-hydrogen) atoms. The Labute approximate surface area is 139 Å². The van der Waals surface area contributed by atoms with Gasteiger partial charge in [0.1, 0.15) is 0 Å². The van der Waals surface area contributed by atoms with Crippen LogP contribution in [0.3, 0.4) is 0 Å². The van der Waals surface area contributed by atoms with Gasteiger partial charge in [0.2, 0.25) is 5.91 Å². The summed E-state index contributed by atoms with van der Waals surface area (Å²) in [4.78, 5) is 12.2. The third kappa shape index (κ3) is 4.48. The standard InChI is InChI=1S/C14H14ClF3INO/c15-10-4-5-12(11(19)7-10)20-13(21)8-2-1-3-9(6-8)14(16,17)18/h4-5,7-9H,1-3,6H2,(H,20,21). The lowest BCUT2D eigenvalue weighted by molar-refractivity contribution is -0.185. The van der Waals surface area contributed by atoms with Gasteiger partial charge in [-0.25, -0.2) is 0 Å². The molecule has 2 rings (SSSR count). The second-order valence-corrected chi connectivity index (χ2v) is 6.81. The number of alkyl halides is 3. The van der Waals surface area contributed by atoms with E-state index < -0.39 is 18.0 Å².